The molecule has 0 aliphatic rings. The van der Waals surface area contributed by atoms with Gasteiger partial charge in [0.2, 0.25) is 5.91 Å². The Morgan fingerprint density at radius 3 is 2.57 bits per heavy atom. The van der Waals surface area contributed by atoms with Crippen molar-refractivity contribution in [2.45, 2.75) is 53.6 Å². The number of ether oxygens (including phenoxy) is 1. The number of nitrogens with one attached hydrogen (secondary N) is 1. The van der Waals surface area contributed by atoms with Gasteiger partial charge in [0, 0.05) is 19.7 Å². The highest BCUT2D eigenvalue weighted by molar-refractivity contribution is 5.77. The smallest absolute Gasteiger partial charge is 0.234 e. The minimum atomic E-state index is 0.0422. The summed E-state index contributed by atoms with van der Waals surface area (Å²) in [5.74, 6) is 0.0841. The van der Waals surface area contributed by atoms with Crippen LogP contribution < -0.4 is 11.1 Å². The number of amides is 1. The van der Waals surface area contributed by atoms with Gasteiger partial charge in [-0.05, 0) is 45.2 Å². The SMILES string of the molecule is CCCN(CC(=O)NCCCOC(C)C)CC(C)(C)CN. The van der Waals surface area contributed by atoms with Gasteiger partial charge in [-0.3, -0.25) is 9.69 Å². The summed E-state index contributed by atoms with van der Waals surface area (Å²) in [7, 11) is 0. The molecule has 0 aliphatic heterocycles. The Balaban J connectivity index is 4.00. The van der Waals surface area contributed by atoms with Crippen LogP contribution in [-0.4, -0.2) is 56.2 Å². The number of nitrogens with two attached hydrogens (primary N) is 1. The predicted molar refractivity (Wildman–Crippen MR) is 88.3 cm³/mol. The zero-order chi connectivity index (χ0) is 16.3. The summed E-state index contributed by atoms with van der Waals surface area (Å²) in [5, 5.41) is 2.96. The molecule has 0 fully saturated rings. The molecule has 0 aromatic rings. The van der Waals surface area contributed by atoms with E-state index in [1.807, 2.05) is 13.8 Å². The van der Waals surface area contributed by atoms with Crippen molar-refractivity contribution in [2.75, 3.05) is 39.3 Å². The summed E-state index contributed by atoms with van der Waals surface area (Å²) in [4.78, 5) is 14.2. The van der Waals surface area contributed by atoms with Crippen LogP contribution in [-0.2, 0) is 9.53 Å². The first-order chi connectivity index (χ1) is 9.80. The van der Waals surface area contributed by atoms with Crippen LogP contribution in [0.25, 0.3) is 0 Å². The Morgan fingerprint density at radius 1 is 1.38 bits per heavy atom. The Kier molecular flexibility index (Phi) is 10.6. The molecule has 0 unspecified atom stereocenters. The molecule has 0 spiro atoms. The number of hydrogen-bond donors (Lipinski definition) is 2. The molecule has 0 bridgehead atoms. The number of carbonyl (C=O) groups is 1. The monoisotopic (exact) mass is 301 g/mol. The lowest BCUT2D eigenvalue weighted by molar-refractivity contribution is -0.122. The van der Waals surface area contributed by atoms with Crippen LogP contribution in [0.15, 0.2) is 0 Å². The lowest BCUT2D eigenvalue weighted by Gasteiger charge is -2.31. The van der Waals surface area contributed by atoms with Gasteiger partial charge < -0.3 is 15.8 Å². The molecule has 0 saturated heterocycles. The van der Waals surface area contributed by atoms with Crippen molar-refractivity contribution in [1.29, 1.82) is 0 Å². The Labute approximate surface area is 130 Å². The van der Waals surface area contributed by atoms with Crippen LogP contribution in [0.2, 0.25) is 0 Å². The highest BCUT2D eigenvalue weighted by Crippen LogP contribution is 2.14. The highest BCUT2D eigenvalue weighted by atomic mass is 16.5. The van der Waals surface area contributed by atoms with E-state index in [4.69, 9.17) is 10.5 Å². The van der Waals surface area contributed by atoms with E-state index in [-0.39, 0.29) is 17.4 Å². The van der Waals surface area contributed by atoms with Crippen molar-refractivity contribution < 1.29 is 9.53 Å². The van der Waals surface area contributed by atoms with E-state index >= 15 is 0 Å². The van der Waals surface area contributed by atoms with E-state index in [2.05, 4.69) is 31.0 Å². The summed E-state index contributed by atoms with van der Waals surface area (Å²) in [6.45, 7) is 14.6. The minimum Gasteiger partial charge on any atom is -0.379 e. The first-order valence-electron chi connectivity index (χ1n) is 8.11. The summed E-state index contributed by atoms with van der Waals surface area (Å²) < 4.78 is 5.45. The summed E-state index contributed by atoms with van der Waals surface area (Å²) in [5.41, 5.74) is 5.82. The first-order valence-corrected chi connectivity index (χ1v) is 8.11. The predicted octanol–water partition coefficient (Wildman–Crippen LogP) is 1.61. The fourth-order valence-corrected chi connectivity index (χ4v) is 2.08. The summed E-state index contributed by atoms with van der Waals surface area (Å²) >= 11 is 0. The van der Waals surface area contributed by atoms with Crippen molar-refractivity contribution in [3.8, 4) is 0 Å². The maximum absolute atomic E-state index is 12.0. The van der Waals surface area contributed by atoms with Crippen LogP contribution >= 0.6 is 0 Å². The molecule has 0 aromatic carbocycles. The number of rotatable bonds is 12. The maximum atomic E-state index is 12.0. The molecule has 0 aromatic heterocycles. The fraction of sp³-hybridized carbons (Fsp3) is 0.938. The molecule has 0 heterocycles. The molecule has 5 heteroatoms. The van der Waals surface area contributed by atoms with Crippen LogP contribution in [0.3, 0.4) is 0 Å². The fourth-order valence-electron chi connectivity index (χ4n) is 2.08. The maximum Gasteiger partial charge on any atom is 0.234 e. The van der Waals surface area contributed by atoms with Crippen molar-refractivity contribution in [3.05, 3.63) is 0 Å². The van der Waals surface area contributed by atoms with Gasteiger partial charge in [0.15, 0.2) is 0 Å². The molecule has 5 nitrogen and oxygen atoms in total. The molecule has 1 amide bonds. The standard InChI is InChI=1S/C16H35N3O2/c1-6-9-19(13-16(4,5)12-17)11-15(20)18-8-7-10-21-14(2)3/h14H,6-13,17H2,1-5H3,(H,18,20). The van der Waals surface area contributed by atoms with Crippen LogP contribution in [0.1, 0.15) is 47.5 Å². The zero-order valence-corrected chi connectivity index (χ0v) is 14.6. The number of carbonyl (C=O) groups excluding carboxylic acids is 1. The van der Waals surface area contributed by atoms with Gasteiger partial charge in [0.25, 0.3) is 0 Å². The molecule has 21 heavy (non-hydrogen) atoms. The molecule has 0 aliphatic carbocycles. The lowest BCUT2D eigenvalue weighted by Crippen LogP contribution is -2.44. The summed E-state index contributed by atoms with van der Waals surface area (Å²) in [6.07, 6.45) is 2.14. The second-order valence-corrected chi connectivity index (χ2v) is 6.70. The van der Waals surface area contributed by atoms with Crippen molar-refractivity contribution in [3.63, 3.8) is 0 Å². The molecule has 126 valence electrons. The van der Waals surface area contributed by atoms with Crippen LogP contribution in [0.5, 0.6) is 0 Å². The van der Waals surface area contributed by atoms with E-state index in [1.165, 1.54) is 0 Å². The normalized spacial score (nSPS) is 12.2. The Morgan fingerprint density at radius 2 is 2.05 bits per heavy atom. The van der Waals surface area contributed by atoms with E-state index in [9.17, 15) is 4.79 Å². The van der Waals surface area contributed by atoms with Crippen molar-refractivity contribution in [2.24, 2.45) is 11.1 Å². The minimum absolute atomic E-state index is 0.0422. The largest absolute Gasteiger partial charge is 0.379 e. The topological polar surface area (TPSA) is 67.6 Å². The molecule has 0 atom stereocenters. The third-order valence-electron chi connectivity index (χ3n) is 3.21. The van der Waals surface area contributed by atoms with Gasteiger partial charge in [-0.25, -0.2) is 0 Å². The van der Waals surface area contributed by atoms with Gasteiger partial charge in [-0.1, -0.05) is 20.8 Å². The molecule has 0 rings (SSSR count). The molecule has 3 N–H and O–H groups in total. The third kappa shape index (κ3) is 11.7. The van der Waals surface area contributed by atoms with Crippen LogP contribution in [0, 0.1) is 5.41 Å². The van der Waals surface area contributed by atoms with E-state index in [0.717, 1.165) is 25.9 Å². The van der Waals surface area contributed by atoms with Gasteiger partial charge in [-0.15, -0.1) is 0 Å². The van der Waals surface area contributed by atoms with Gasteiger partial charge in [0.1, 0.15) is 0 Å². The molecular formula is C16H35N3O2. The summed E-state index contributed by atoms with van der Waals surface area (Å²) in [6, 6.07) is 0. The average Bonchev–Trinajstić information content (AvgIpc) is 2.37. The van der Waals surface area contributed by atoms with Crippen molar-refractivity contribution >= 4 is 5.91 Å². The first kappa shape index (κ1) is 20.3. The van der Waals surface area contributed by atoms with Gasteiger partial charge in [-0.2, -0.15) is 0 Å². The molecular weight excluding hydrogens is 266 g/mol. The van der Waals surface area contributed by atoms with E-state index < -0.39 is 0 Å². The Bertz CT molecular complexity index is 281. The second-order valence-electron chi connectivity index (χ2n) is 6.70. The van der Waals surface area contributed by atoms with Crippen molar-refractivity contribution in [1.82, 2.24) is 10.2 Å². The van der Waals surface area contributed by atoms with E-state index in [1.54, 1.807) is 0 Å². The second kappa shape index (κ2) is 11.0. The van der Waals surface area contributed by atoms with E-state index in [0.29, 0.717) is 26.2 Å². The molecule has 0 saturated carbocycles. The highest BCUT2D eigenvalue weighted by Gasteiger charge is 2.21. The average molecular weight is 301 g/mol. The Hall–Kier alpha value is -0.650. The quantitative estimate of drug-likeness (QED) is 0.538. The van der Waals surface area contributed by atoms with Gasteiger partial charge >= 0.3 is 0 Å². The third-order valence-corrected chi connectivity index (χ3v) is 3.21. The lowest BCUT2D eigenvalue weighted by atomic mass is 9.93. The van der Waals surface area contributed by atoms with Crippen LogP contribution in [0.4, 0.5) is 0 Å². The van der Waals surface area contributed by atoms with Gasteiger partial charge in [0.05, 0.1) is 12.6 Å². The number of nitrogens with zero attached hydrogens (tertiary/aromatic N) is 1. The molecule has 0 radical (unpaired) electrons. The zero-order valence-electron chi connectivity index (χ0n) is 14.6. The number of hydrogen-bond acceptors (Lipinski definition) is 4.